The summed E-state index contributed by atoms with van der Waals surface area (Å²) in [6.45, 7) is 5.07. The third-order valence-corrected chi connectivity index (χ3v) is 3.96. The third-order valence-electron chi connectivity index (χ3n) is 3.96. The first-order chi connectivity index (χ1) is 9.60. The van der Waals surface area contributed by atoms with E-state index in [-0.39, 0.29) is 17.9 Å². The predicted octanol–water partition coefficient (Wildman–Crippen LogP) is 2.06. The predicted molar refractivity (Wildman–Crippen MR) is 80.0 cm³/mol. The van der Waals surface area contributed by atoms with E-state index >= 15 is 0 Å². The molecule has 1 aliphatic heterocycles. The molecule has 1 heterocycles. The zero-order valence-electron chi connectivity index (χ0n) is 12.5. The Hall–Kier alpha value is -1.55. The first-order valence-corrected chi connectivity index (χ1v) is 7.28. The molecule has 0 aliphatic carbocycles. The molecule has 0 aromatic heterocycles. The van der Waals surface area contributed by atoms with Crippen molar-refractivity contribution in [2.24, 2.45) is 0 Å². The van der Waals surface area contributed by atoms with Gasteiger partial charge in [-0.15, -0.1) is 0 Å². The van der Waals surface area contributed by atoms with Gasteiger partial charge in [-0.1, -0.05) is 12.1 Å². The summed E-state index contributed by atoms with van der Waals surface area (Å²) in [5.74, 6) is 0.727. The fraction of sp³-hybridized carbons (Fsp3) is 0.562. The van der Waals surface area contributed by atoms with Gasteiger partial charge in [0.25, 0.3) is 0 Å². The maximum Gasteiger partial charge on any atom is 0.227 e. The summed E-state index contributed by atoms with van der Waals surface area (Å²) in [5.41, 5.74) is 0.990. The number of hydrogen-bond donors (Lipinski definition) is 2. The summed E-state index contributed by atoms with van der Waals surface area (Å²) in [5, 5.41) is 6.56. The van der Waals surface area contributed by atoms with Gasteiger partial charge in [-0.05, 0) is 50.9 Å². The minimum atomic E-state index is -0.157. The van der Waals surface area contributed by atoms with E-state index in [9.17, 15) is 4.79 Å². The van der Waals surface area contributed by atoms with E-state index in [1.807, 2.05) is 31.2 Å². The zero-order valence-corrected chi connectivity index (χ0v) is 12.5. The van der Waals surface area contributed by atoms with Crippen LogP contribution in [0.2, 0.25) is 0 Å². The SMILES string of the molecule is COc1cccc(C(C)C(=O)NC2CCNC(C)C2)c1. The molecule has 3 unspecified atom stereocenters. The van der Waals surface area contributed by atoms with Crippen LogP contribution in [-0.2, 0) is 4.79 Å². The lowest BCUT2D eigenvalue weighted by Gasteiger charge is -2.29. The molecular weight excluding hydrogens is 252 g/mol. The molecule has 2 rings (SSSR count). The summed E-state index contributed by atoms with van der Waals surface area (Å²) >= 11 is 0. The molecular formula is C16H24N2O2. The number of nitrogens with one attached hydrogen (secondary N) is 2. The highest BCUT2D eigenvalue weighted by Crippen LogP contribution is 2.21. The molecule has 1 amide bonds. The molecule has 110 valence electrons. The van der Waals surface area contributed by atoms with Crippen molar-refractivity contribution in [2.45, 2.75) is 44.7 Å². The Bertz CT molecular complexity index is 462. The van der Waals surface area contributed by atoms with Gasteiger partial charge < -0.3 is 15.4 Å². The third kappa shape index (κ3) is 3.73. The van der Waals surface area contributed by atoms with Gasteiger partial charge in [0.1, 0.15) is 5.75 Å². The Morgan fingerprint density at radius 2 is 2.30 bits per heavy atom. The van der Waals surface area contributed by atoms with Crippen LogP contribution in [0.25, 0.3) is 0 Å². The number of carbonyl (C=O) groups excluding carboxylic acids is 1. The fourth-order valence-corrected chi connectivity index (χ4v) is 2.65. The minimum Gasteiger partial charge on any atom is -0.497 e. The van der Waals surface area contributed by atoms with Crippen LogP contribution >= 0.6 is 0 Å². The Labute approximate surface area is 120 Å². The molecule has 0 spiro atoms. The van der Waals surface area contributed by atoms with Crippen LogP contribution in [0.1, 0.15) is 38.2 Å². The minimum absolute atomic E-state index is 0.0948. The van der Waals surface area contributed by atoms with Crippen LogP contribution in [0.3, 0.4) is 0 Å². The van der Waals surface area contributed by atoms with Crippen LogP contribution < -0.4 is 15.4 Å². The number of carbonyl (C=O) groups is 1. The van der Waals surface area contributed by atoms with E-state index in [1.54, 1.807) is 7.11 Å². The molecule has 2 N–H and O–H groups in total. The van der Waals surface area contributed by atoms with Crippen molar-refractivity contribution in [3.05, 3.63) is 29.8 Å². The Kier molecular flexibility index (Phi) is 5.01. The highest BCUT2D eigenvalue weighted by atomic mass is 16.5. The molecule has 1 aliphatic rings. The van der Waals surface area contributed by atoms with Gasteiger partial charge in [0.05, 0.1) is 13.0 Å². The summed E-state index contributed by atoms with van der Waals surface area (Å²) in [7, 11) is 1.64. The Morgan fingerprint density at radius 3 is 3.00 bits per heavy atom. The van der Waals surface area contributed by atoms with Gasteiger partial charge in [-0.25, -0.2) is 0 Å². The summed E-state index contributed by atoms with van der Waals surface area (Å²) in [4.78, 5) is 12.3. The van der Waals surface area contributed by atoms with Crippen LogP contribution in [0, 0.1) is 0 Å². The molecule has 4 nitrogen and oxygen atoms in total. The van der Waals surface area contributed by atoms with Crippen LogP contribution in [0.4, 0.5) is 0 Å². The number of rotatable bonds is 4. The first kappa shape index (κ1) is 14.9. The molecule has 0 saturated carbocycles. The van der Waals surface area contributed by atoms with Crippen molar-refractivity contribution >= 4 is 5.91 Å². The quantitative estimate of drug-likeness (QED) is 0.885. The number of benzene rings is 1. The van der Waals surface area contributed by atoms with E-state index in [4.69, 9.17) is 4.74 Å². The van der Waals surface area contributed by atoms with Gasteiger partial charge in [0.2, 0.25) is 5.91 Å². The van der Waals surface area contributed by atoms with Gasteiger partial charge in [-0.3, -0.25) is 4.79 Å². The van der Waals surface area contributed by atoms with Crippen LogP contribution in [0.15, 0.2) is 24.3 Å². The average molecular weight is 276 g/mol. The maximum atomic E-state index is 12.3. The topological polar surface area (TPSA) is 50.4 Å². The molecule has 1 aromatic rings. The van der Waals surface area contributed by atoms with E-state index in [0.717, 1.165) is 30.7 Å². The lowest BCUT2D eigenvalue weighted by atomic mass is 9.97. The highest BCUT2D eigenvalue weighted by molar-refractivity contribution is 5.83. The molecule has 3 atom stereocenters. The van der Waals surface area contributed by atoms with Crippen molar-refractivity contribution in [3.63, 3.8) is 0 Å². The maximum absolute atomic E-state index is 12.3. The average Bonchev–Trinajstić information content (AvgIpc) is 2.46. The second-order valence-corrected chi connectivity index (χ2v) is 5.58. The molecule has 4 heteroatoms. The Morgan fingerprint density at radius 1 is 1.50 bits per heavy atom. The van der Waals surface area contributed by atoms with E-state index in [2.05, 4.69) is 17.6 Å². The largest absolute Gasteiger partial charge is 0.497 e. The number of methoxy groups -OCH3 is 1. The second-order valence-electron chi connectivity index (χ2n) is 5.58. The molecule has 0 bridgehead atoms. The highest BCUT2D eigenvalue weighted by Gasteiger charge is 2.23. The summed E-state index contributed by atoms with van der Waals surface area (Å²) < 4.78 is 5.21. The lowest BCUT2D eigenvalue weighted by Crippen LogP contribution is -2.47. The zero-order chi connectivity index (χ0) is 14.5. The summed E-state index contributed by atoms with van der Waals surface area (Å²) in [6.07, 6.45) is 2.00. The first-order valence-electron chi connectivity index (χ1n) is 7.28. The molecule has 1 fully saturated rings. The van der Waals surface area contributed by atoms with Gasteiger partial charge in [0.15, 0.2) is 0 Å². The van der Waals surface area contributed by atoms with Gasteiger partial charge >= 0.3 is 0 Å². The van der Waals surface area contributed by atoms with E-state index in [0.29, 0.717) is 6.04 Å². The van der Waals surface area contributed by atoms with Gasteiger partial charge in [0, 0.05) is 12.1 Å². The smallest absolute Gasteiger partial charge is 0.227 e. The Balaban J connectivity index is 1.97. The van der Waals surface area contributed by atoms with Crippen molar-refractivity contribution in [1.29, 1.82) is 0 Å². The second kappa shape index (κ2) is 6.75. The normalized spacial score (nSPS) is 23.9. The van der Waals surface area contributed by atoms with Crippen molar-refractivity contribution in [2.75, 3.05) is 13.7 Å². The number of hydrogen-bond acceptors (Lipinski definition) is 3. The summed E-state index contributed by atoms with van der Waals surface area (Å²) in [6, 6.07) is 8.47. The number of piperidine rings is 1. The van der Waals surface area contributed by atoms with Crippen molar-refractivity contribution in [3.8, 4) is 5.75 Å². The monoisotopic (exact) mass is 276 g/mol. The molecule has 1 aromatic carbocycles. The van der Waals surface area contributed by atoms with E-state index < -0.39 is 0 Å². The van der Waals surface area contributed by atoms with Gasteiger partial charge in [-0.2, -0.15) is 0 Å². The fourth-order valence-electron chi connectivity index (χ4n) is 2.65. The standard InChI is InChI=1S/C16H24N2O2/c1-11-9-14(7-8-17-11)18-16(19)12(2)13-5-4-6-15(10-13)20-3/h4-6,10-12,14,17H,7-9H2,1-3H3,(H,18,19). The van der Waals surface area contributed by atoms with E-state index in [1.165, 1.54) is 0 Å². The number of amides is 1. The molecule has 1 saturated heterocycles. The number of ether oxygens (including phenoxy) is 1. The molecule has 20 heavy (non-hydrogen) atoms. The van der Waals surface area contributed by atoms with Crippen molar-refractivity contribution < 1.29 is 9.53 Å². The van der Waals surface area contributed by atoms with Crippen LogP contribution in [-0.4, -0.2) is 31.6 Å². The lowest BCUT2D eigenvalue weighted by molar-refractivity contribution is -0.123. The molecule has 0 radical (unpaired) electrons. The van der Waals surface area contributed by atoms with Crippen molar-refractivity contribution in [1.82, 2.24) is 10.6 Å². The van der Waals surface area contributed by atoms with Crippen LogP contribution in [0.5, 0.6) is 5.75 Å².